The summed E-state index contributed by atoms with van der Waals surface area (Å²) < 4.78 is 16.0. The van der Waals surface area contributed by atoms with E-state index in [0.717, 1.165) is 19.4 Å². The Kier molecular flexibility index (Phi) is 4.88. The first-order chi connectivity index (χ1) is 13.2. The summed E-state index contributed by atoms with van der Waals surface area (Å²) in [7, 11) is 0. The average Bonchev–Trinajstić information content (AvgIpc) is 3.37. The molecule has 2 amide bonds. The van der Waals surface area contributed by atoms with Crippen molar-refractivity contribution in [1.82, 2.24) is 10.3 Å². The SMILES string of the molecule is O=C(NCC1CCCO1)c1ccnc(C(=O)Nc2ccc3c(c2)OCO3)c1. The fraction of sp³-hybridized carbons (Fsp3) is 0.316. The zero-order chi connectivity index (χ0) is 18.6. The molecule has 1 aromatic carbocycles. The standard InChI is InChI=1S/C19H19N3O5/c23-18(21-10-14-2-1-7-25-14)12-5-6-20-15(8-12)19(24)22-13-3-4-16-17(9-13)27-11-26-16/h3-6,8-9,14H,1-2,7,10-11H2,(H,21,23)(H,22,24). The maximum atomic E-state index is 12.5. The van der Waals surface area contributed by atoms with Crippen LogP contribution in [-0.2, 0) is 4.74 Å². The van der Waals surface area contributed by atoms with Gasteiger partial charge in [0.1, 0.15) is 5.69 Å². The predicted molar refractivity (Wildman–Crippen MR) is 96.1 cm³/mol. The highest BCUT2D eigenvalue weighted by Gasteiger charge is 2.18. The lowest BCUT2D eigenvalue weighted by Crippen LogP contribution is -2.32. The van der Waals surface area contributed by atoms with Crippen LogP contribution in [0.25, 0.3) is 0 Å². The van der Waals surface area contributed by atoms with Crippen LogP contribution < -0.4 is 20.1 Å². The lowest BCUT2D eigenvalue weighted by atomic mass is 10.2. The molecule has 1 saturated heterocycles. The minimum atomic E-state index is -0.414. The number of aromatic nitrogens is 1. The fourth-order valence-corrected chi connectivity index (χ4v) is 2.98. The number of amides is 2. The first kappa shape index (κ1) is 17.3. The summed E-state index contributed by atoms with van der Waals surface area (Å²) >= 11 is 0. The van der Waals surface area contributed by atoms with Gasteiger partial charge in [-0.1, -0.05) is 0 Å². The van der Waals surface area contributed by atoms with Crippen LogP contribution >= 0.6 is 0 Å². The molecule has 1 aromatic heterocycles. The molecule has 2 aromatic rings. The lowest BCUT2D eigenvalue weighted by Gasteiger charge is -2.11. The summed E-state index contributed by atoms with van der Waals surface area (Å²) in [5.41, 5.74) is 1.08. The van der Waals surface area contributed by atoms with E-state index in [2.05, 4.69) is 15.6 Å². The number of hydrogen-bond acceptors (Lipinski definition) is 6. The molecule has 2 aliphatic heterocycles. The van der Waals surface area contributed by atoms with Gasteiger partial charge in [0.2, 0.25) is 6.79 Å². The monoisotopic (exact) mass is 369 g/mol. The van der Waals surface area contributed by atoms with Gasteiger partial charge in [0.25, 0.3) is 11.8 Å². The number of nitrogens with zero attached hydrogens (tertiary/aromatic N) is 1. The van der Waals surface area contributed by atoms with Crippen LogP contribution in [0.3, 0.4) is 0 Å². The number of hydrogen-bond donors (Lipinski definition) is 2. The Labute approximate surface area is 155 Å². The largest absolute Gasteiger partial charge is 0.454 e. The Balaban J connectivity index is 1.40. The second-order valence-electron chi connectivity index (χ2n) is 6.30. The second-order valence-corrected chi connectivity index (χ2v) is 6.30. The van der Waals surface area contributed by atoms with Gasteiger partial charge in [0.05, 0.1) is 6.10 Å². The van der Waals surface area contributed by atoms with Crippen molar-refractivity contribution in [2.45, 2.75) is 18.9 Å². The smallest absolute Gasteiger partial charge is 0.274 e. The number of carbonyl (C=O) groups is 2. The summed E-state index contributed by atoms with van der Waals surface area (Å²) in [4.78, 5) is 28.8. The Hall–Kier alpha value is -3.13. The normalized spacial score (nSPS) is 17.6. The summed E-state index contributed by atoms with van der Waals surface area (Å²) in [6, 6.07) is 8.15. The Morgan fingerprint density at radius 3 is 2.85 bits per heavy atom. The van der Waals surface area contributed by atoms with Crippen molar-refractivity contribution in [2.75, 3.05) is 25.3 Å². The highest BCUT2D eigenvalue weighted by Crippen LogP contribution is 2.34. The summed E-state index contributed by atoms with van der Waals surface area (Å²) in [5.74, 6) is 0.534. The molecule has 27 heavy (non-hydrogen) atoms. The third kappa shape index (κ3) is 4.01. The number of pyridine rings is 1. The van der Waals surface area contributed by atoms with E-state index >= 15 is 0 Å². The maximum absolute atomic E-state index is 12.5. The van der Waals surface area contributed by atoms with Crippen LogP contribution in [-0.4, -0.2) is 42.8 Å². The van der Waals surface area contributed by atoms with Crippen molar-refractivity contribution < 1.29 is 23.8 Å². The number of ether oxygens (including phenoxy) is 3. The van der Waals surface area contributed by atoms with E-state index in [1.165, 1.54) is 12.3 Å². The minimum Gasteiger partial charge on any atom is -0.454 e. The number of fused-ring (bicyclic) bond motifs is 1. The average molecular weight is 369 g/mol. The summed E-state index contributed by atoms with van der Waals surface area (Å²) in [5, 5.41) is 5.57. The summed E-state index contributed by atoms with van der Waals surface area (Å²) in [6.07, 6.45) is 3.46. The highest BCUT2D eigenvalue weighted by atomic mass is 16.7. The zero-order valence-corrected chi connectivity index (χ0v) is 14.6. The van der Waals surface area contributed by atoms with Gasteiger partial charge in [-0.2, -0.15) is 0 Å². The first-order valence-electron chi connectivity index (χ1n) is 8.76. The molecule has 4 rings (SSSR count). The molecule has 8 heteroatoms. The summed E-state index contributed by atoms with van der Waals surface area (Å²) in [6.45, 7) is 1.36. The quantitative estimate of drug-likeness (QED) is 0.836. The topological polar surface area (TPSA) is 98.8 Å². The third-order valence-corrected chi connectivity index (χ3v) is 4.40. The Morgan fingerprint density at radius 1 is 1.11 bits per heavy atom. The molecule has 3 heterocycles. The van der Waals surface area contributed by atoms with Crippen molar-refractivity contribution in [3.63, 3.8) is 0 Å². The second kappa shape index (κ2) is 7.63. The molecule has 1 atom stereocenters. The molecule has 0 radical (unpaired) electrons. The molecule has 0 spiro atoms. The van der Waals surface area contributed by atoms with E-state index in [0.29, 0.717) is 29.3 Å². The van der Waals surface area contributed by atoms with Gasteiger partial charge in [0.15, 0.2) is 11.5 Å². The van der Waals surface area contributed by atoms with Crippen molar-refractivity contribution in [1.29, 1.82) is 0 Å². The van der Waals surface area contributed by atoms with Crippen LogP contribution in [0.5, 0.6) is 11.5 Å². The molecule has 0 saturated carbocycles. The molecule has 140 valence electrons. The first-order valence-corrected chi connectivity index (χ1v) is 8.76. The van der Waals surface area contributed by atoms with Gasteiger partial charge in [-0.15, -0.1) is 0 Å². The van der Waals surface area contributed by atoms with Crippen molar-refractivity contribution in [3.8, 4) is 11.5 Å². The molecule has 2 aliphatic rings. The molecule has 1 unspecified atom stereocenters. The minimum absolute atomic E-state index is 0.0598. The van der Waals surface area contributed by atoms with Crippen LogP contribution in [0.4, 0.5) is 5.69 Å². The number of benzene rings is 1. The molecule has 0 aliphatic carbocycles. The third-order valence-electron chi connectivity index (χ3n) is 4.40. The molecule has 0 bridgehead atoms. The number of carbonyl (C=O) groups excluding carboxylic acids is 2. The van der Waals surface area contributed by atoms with E-state index in [1.807, 2.05) is 0 Å². The molecule has 1 fully saturated rings. The maximum Gasteiger partial charge on any atom is 0.274 e. The van der Waals surface area contributed by atoms with E-state index in [1.54, 1.807) is 24.3 Å². The number of nitrogens with one attached hydrogen (secondary N) is 2. The van der Waals surface area contributed by atoms with E-state index in [4.69, 9.17) is 14.2 Å². The van der Waals surface area contributed by atoms with Crippen molar-refractivity contribution in [3.05, 3.63) is 47.8 Å². The van der Waals surface area contributed by atoms with Gasteiger partial charge in [0, 0.05) is 36.7 Å². The predicted octanol–water partition coefficient (Wildman–Crippen LogP) is 1.97. The lowest BCUT2D eigenvalue weighted by molar-refractivity contribution is 0.0857. The van der Waals surface area contributed by atoms with Crippen LogP contribution in [0.2, 0.25) is 0 Å². The van der Waals surface area contributed by atoms with Crippen LogP contribution in [0.1, 0.15) is 33.7 Å². The van der Waals surface area contributed by atoms with Gasteiger partial charge >= 0.3 is 0 Å². The van der Waals surface area contributed by atoms with Crippen molar-refractivity contribution >= 4 is 17.5 Å². The number of anilines is 1. The van der Waals surface area contributed by atoms with Gasteiger partial charge in [-0.25, -0.2) is 0 Å². The zero-order valence-electron chi connectivity index (χ0n) is 14.6. The van der Waals surface area contributed by atoms with Crippen molar-refractivity contribution in [2.24, 2.45) is 0 Å². The molecular formula is C19H19N3O5. The van der Waals surface area contributed by atoms with Gasteiger partial charge in [-0.3, -0.25) is 14.6 Å². The molecule has 2 N–H and O–H groups in total. The fourth-order valence-electron chi connectivity index (χ4n) is 2.98. The van der Waals surface area contributed by atoms with Gasteiger partial charge < -0.3 is 24.8 Å². The van der Waals surface area contributed by atoms with E-state index < -0.39 is 5.91 Å². The number of rotatable bonds is 5. The molecular weight excluding hydrogens is 350 g/mol. The van der Waals surface area contributed by atoms with E-state index in [-0.39, 0.29) is 24.5 Å². The van der Waals surface area contributed by atoms with Crippen LogP contribution in [0.15, 0.2) is 36.5 Å². The highest BCUT2D eigenvalue weighted by molar-refractivity contribution is 6.04. The Morgan fingerprint density at radius 2 is 2.00 bits per heavy atom. The molecule has 8 nitrogen and oxygen atoms in total. The van der Waals surface area contributed by atoms with Gasteiger partial charge in [-0.05, 0) is 37.1 Å². The Bertz CT molecular complexity index is 864. The van der Waals surface area contributed by atoms with Crippen LogP contribution in [0, 0.1) is 0 Å². The van der Waals surface area contributed by atoms with E-state index in [9.17, 15) is 9.59 Å².